The molecule has 5 rings (SSSR count). The molecule has 5 heteroatoms. The van der Waals surface area contributed by atoms with Gasteiger partial charge in [0.05, 0.1) is 24.5 Å². The van der Waals surface area contributed by atoms with E-state index in [0.717, 1.165) is 27.7 Å². The Morgan fingerprint density at radius 1 is 0.821 bits per heavy atom. The normalized spacial score (nSPS) is 14.8. The third kappa shape index (κ3) is 2.36. The van der Waals surface area contributed by atoms with Crippen molar-refractivity contribution in [2.45, 2.75) is 0 Å². The Balaban J connectivity index is 1.83. The van der Waals surface area contributed by atoms with Gasteiger partial charge in [-0.05, 0) is 11.6 Å². The minimum atomic E-state index is -0.393. The molecule has 3 aromatic carbocycles. The van der Waals surface area contributed by atoms with Crippen molar-refractivity contribution in [1.29, 1.82) is 0 Å². The first-order valence-electron chi connectivity index (χ1n) is 9.47. The minimum Gasteiger partial charge on any atom is -0.378 e. The lowest BCUT2D eigenvalue weighted by atomic mass is 9.92. The second-order valence-corrected chi connectivity index (χ2v) is 7.15. The number of hydrogen-bond donors (Lipinski definition) is 0. The maximum absolute atomic E-state index is 12.8. The maximum atomic E-state index is 12.8. The molecule has 0 saturated carbocycles. The van der Waals surface area contributed by atoms with Gasteiger partial charge in [-0.15, -0.1) is 0 Å². The molecule has 0 amide bonds. The smallest absolute Gasteiger partial charge is 0.250 e. The number of anilines is 1. The van der Waals surface area contributed by atoms with Crippen molar-refractivity contribution in [3.8, 4) is 22.4 Å². The van der Waals surface area contributed by atoms with E-state index in [9.17, 15) is 9.59 Å². The molecule has 4 aromatic rings. The average Bonchev–Trinajstić information content (AvgIpc) is 3.04. The maximum Gasteiger partial charge on any atom is 0.250 e. The van der Waals surface area contributed by atoms with Crippen LogP contribution in [0.5, 0.6) is 0 Å². The van der Waals surface area contributed by atoms with Gasteiger partial charge in [-0.2, -0.15) is 0 Å². The average molecular weight is 372 g/mol. The highest BCUT2D eigenvalue weighted by molar-refractivity contribution is 6.07. The van der Waals surface area contributed by atoms with Crippen LogP contribution in [0.3, 0.4) is 0 Å². The fourth-order valence-electron chi connectivity index (χ4n) is 4.28. The number of nitrogens with zero attached hydrogens (tertiary/aromatic N) is 2. The summed E-state index contributed by atoms with van der Waals surface area (Å²) in [6.45, 7) is 2.39. The van der Waals surface area contributed by atoms with Gasteiger partial charge in [-0.3, -0.25) is 9.59 Å². The Bertz CT molecular complexity index is 1240. The van der Waals surface area contributed by atoms with Crippen molar-refractivity contribution in [1.82, 2.24) is 4.57 Å². The quantitative estimate of drug-likeness (QED) is 0.519. The van der Waals surface area contributed by atoms with E-state index in [1.165, 1.54) is 0 Å². The van der Waals surface area contributed by atoms with E-state index >= 15 is 0 Å². The zero-order valence-electron chi connectivity index (χ0n) is 15.6. The van der Waals surface area contributed by atoms with Crippen LogP contribution in [0.2, 0.25) is 0 Å². The van der Waals surface area contributed by atoms with E-state index in [-0.39, 0.29) is 5.43 Å². The van der Waals surface area contributed by atoms with Gasteiger partial charge >= 0.3 is 0 Å². The standard InChI is InChI=1S/C23H20N2O3/c1-24-17-10-6-5-9-16(17)18(20(24)15-7-3-2-4-8-15)19-21(23(27)22(19)26)25-11-13-28-14-12-25/h2-10H,11-14H2,1H3. The Labute approximate surface area is 162 Å². The molecule has 0 N–H and O–H groups in total. The molecule has 1 aromatic heterocycles. The summed E-state index contributed by atoms with van der Waals surface area (Å²) in [4.78, 5) is 27.3. The summed E-state index contributed by atoms with van der Waals surface area (Å²) in [5, 5.41) is 0.991. The number of aryl methyl sites for hydroxylation is 1. The number of benzene rings is 2. The number of aromatic nitrogens is 1. The van der Waals surface area contributed by atoms with E-state index in [1.54, 1.807) is 0 Å². The Morgan fingerprint density at radius 2 is 1.50 bits per heavy atom. The minimum absolute atomic E-state index is 0.385. The summed E-state index contributed by atoms with van der Waals surface area (Å²) in [5.74, 6) is 0. The van der Waals surface area contributed by atoms with Crippen molar-refractivity contribution < 1.29 is 4.74 Å². The molecule has 1 aliphatic rings. The van der Waals surface area contributed by atoms with E-state index < -0.39 is 5.43 Å². The molecule has 0 aliphatic carbocycles. The Kier molecular flexibility index (Phi) is 3.91. The number of para-hydroxylation sites is 1. The van der Waals surface area contributed by atoms with Crippen LogP contribution in [0.15, 0.2) is 64.2 Å². The van der Waals surface area contributed by atoms with Crippen molar-refractivity contribution in [3.05, 3.63) is 75.0 Å². The fourth-order valence-corrected chi connectivity index (χ4v) is 4.28. The van der Waals surface area contributed by atoms with Crippen LogP contribution in [-0.2, 0) is 11.8 Å². The molecule has 0 unspecified atom stereocenters. The lowest BCUT2D eigenvalue weighted by Gasteiger charge is -2.31. The summed E-state index contributed by atoms with van der Waals surface area (Å²) in [6, 6.07) is 18.1. The number of morpholine rings is 1. The predicted octanol–water partition coefficient (Wildman–Crippen LogP) is 2.94. The van der Waals surface area contributed by atoms with E-state index in [4.69, 9.17) is 4.74 Å². The first-order valence-corrected chi connectivity index (χ1v) is 9.47. The summed E-state index contributed by atoms with van der Waals surface area (Å²) in [5.41, 5.74) is 4.19. The van der Waals surface area contributed by atoms with E-state index in [1.807, 2.05) is 66.5 Å². The summed E-state index contributed by atoms with van der Waals surface area (Å²) in [7, 11) is 2.01. The molecule has 0 bridgehead atoms. The summed E-state index contributed by atoms with van der Waals surface area (Å²) in [6.07, 6.45) is 0. The van der Waals surface area contributed by atoms with E-state index in [2.05, 4.69) is 4.57 Å². The highest BCUT2D eigenvalue weighted by Crippen LogP contribution is 2.42. The summed E-state index contributed by atoms with van der Waals surface area (Å²) < 4.78 is 7.54. The van der Waals surface area contributed by atoms with Gasteiger partial charge in [0, 0.05) is 36.6 Å². The van der Waals surface area contributed by atoms with Gasteiger partial charge in [-0.25, -0.2) is 0 Å². The second-order valence-electron chi connectivity index (χ2n) is 7.15. The highest BCUT2D eigenvalue weighted by Gasteiger charge is 2.32. The fraction of sp³-hybridized carbons (Fsp3) is 0.217. The first-order chi connectivity index (χ1) is 13.7. The number of hydrogen-bond acceptors (Lipinski definition) is 4. The van der Waals surface area contributed by atoms with Crippen LogP contribution in [0.1, 0.15) is 0 Å². The van der Waals surface area contributed by atoms with Gasteiger partial charge in [0.15, 0.2) is 0 Å². The molecule has 0 spiro atoms. The monoisotopic (exact) mass is 372 g/mol. The Morgan fingerprint density at radius 3 is 2.25 bits per heavy atom. The van der Waals surface area contributed by atoms with Gasteiger partial charge in [-0.1, -0.05) is 48.5 Å². The van der Waals surface area contributed by atoms with Crippen molar-refractivity contribution in [2.24, 2.45) is 7.05 Å². The topological polar surface area (TPSA) is 51.5 Å². The van der Waals surface area contributed by atoms with Gasteiger partial charge in [0.2, 0.25) is 10.9 Å². The molecule has 28 heavy (non-hydrogen) atoms. The lowest BCUT2D eigenvalue weighted by molar-refractivity contribution is 0.122. The molecule has 5 nitrogen and oxygen atoms in total. The largest absolute Gasteiger partial charge is 0.378 e. The van der Waals surface area contributed by atoms with E-state index in [0.29, 0.717) is 37.6 Å². The van der Waals surface area contributed by atoms with Crippen molar-refractivity contribution in [3.63, 3.8) is 0 Å². The predicted molar refractivity (Wildman–Crippen MR) is 112 cm³/mol. The molecule has 0 radical (unpaired) electrons. The number of rotatable bonds is 3. The Hall–Kier alpha value is -3.18. The molecule has 1 fully saturated rings. The van der Waals surface area contributed by atoms with Crippen LogP contribution >= 0.6 is 0 Å². The summed E-state index contributed by atoms with van der Waals surface area (Å²) >= 11 is 0. The molecule has 140 valence electrons. The second kappa shape index (κ2) is 6.46. The molecule has 0 atom stereocenters. The van der Waals surface area contributed by atoms with Gasteiger partial charge in [0.1, 0.15) is 5.69 Å². The number of ether oxygens (including phenoxy) is 1. The highest BCUT2D eigenvalue weighted by atomic mass is 16.5. The third-order valence-corrected chi connectivity index (χ3v) is 5.62. The zero-order chi connectivity index (χ0) is 19.3. The molecular weight excluding hydrogens is 352 g/mol. The van der Waals surface area contributed by atoms with Crippen LogP contribution in [0, 0.1) is 0 Å². The molecular formula is C23H20N2O3. The van der Waals surface area contributed by atoms with Crippen LogP contribution in [0.25, 0.3) is 33.3 Å². The van der Waals surface area contributed by atoms with Gasteiger partial charge in [0.25, 0.3) is 0 Å². The SMILES string of the molecule is Cn1c(-c2ccccc2)c(-c2c(N3CCOCC3)c(=O)c2=O)c2ccccc21. The molecule has 1 saturated heterocycles. The number of fused-ring (bicyclic) bond motifs is 1. The van der Waals surface area contributed by atoms with Crippen LogP contribution in [-0.4, -0.2) is 30.9 Å². The van der Waals surface area contributed by atoms with Gasteiger partial charge < -0.3 is 14.2 Å². The zero-order valence-corrected chi connectivity index (χ0v) is 15.6. The first kappa shape index (κ1) is 17.0. The third-order valence-electron chi connectivity index (χ3n) is 5.62. The van der Waals surface area contributed by atoms with Crippen LogP contribution < -0.4 is 15.8 Å². The lowest BCUT2D eigenvalue weighted by Crippen LogP contribution is -2.46. The van der Waals surface area contributed by atoms with Crippen LogP contribution in [0.4, 0.5) is 5.69 Å². The van der Waals surface area contributed by atoms with Crippen molar-refractivity contribution in [2.75, 3.05) is 31.2 Å². The molecule has 2 heterocycles. The van der Waals surface area contributed by atoms with Crippen molar-refractivity contribution >= 4 is 16.6 Å². The molecule has 1 aliphatic heterocycles.